The topological polar surface area (TPSA) is 102 Å². The predicted octanol–water partition coefficient (Wildman–Crippen LogP) is 3.03. The molecule has 7 nitrogen and oxygen atoms in total. The van der Waals surface area contributed by atoms with Crippen molar-refractivity contribution in [2.24, 2.45) is 11.7 Å². The van der Waals surface area contributed by atoms with E-state index in [2.05, 4.69) is 5.32 Å². The summed E-state index contributed by atoms with van der Waals surface area (Å²) in [6.45, 7) is 4.44. The number of nitrogens with two attached hydrogens (primary N) is 1. The monoisotopic (exact) mass is 437 g/mol. The van der Waals surface area contributed by atoms with Gasteiger partial charge in [-0.15, -0.1) is 0 Å². The Kier molecular flexibility index (Phi) is 7.51. The predicted molar refractivity (Wildman–Crippen MR) is 121 cm³/mol. The Balaban J connectivity index is 1.80. The largest absolute Gasteiger partial charge is 0.445 e. The highest BCUT2D eigenvalue weighted by Gasteiger charge is 2.54. The average Bonchev–Trinajstić information content (AvgIpc) is 2.75. The molecule has 32 heavy (non-hydrogen) atoms. The Hall–Kier alpha value is -3.35. The van der Waals surface area contributed by atoms with Crippen molar-refractivity contribution in [3.05, 3.63) is 71.8 Å². The molecule has 0 radical (unpaired) electrons. The summed E-state index contributed by atoms with van der Waals surface area (Å²) in [6.07, 6.45) is 0.681. The van der Waals surface area contributed by atoms with Gasteiger partial charge in [0.05, 0.1) is 0 Å². The van der Waals surface area contributed by atoms with Gasteiger partial charge in [-0.2, -0.15) is 0 Å². The second-order valence-electron chi connectivity index (χ2n) is 8.69. The van der Waals surface area contributed by atoms with E-state index in [9.17, 15) is 14.4 Å². The third-order valence-electron chi connectivity index (χ3n) is 5.81. The standard InChI is InChI=1S/C25H31N3O4/c1-18(2)15-21(22(26)29)27-23(30)25(16-19-9-5-3-6-10-19)13-14-28(25)24(31)32-17-20-11-7-4-8-12-20/h3-12,18,21H,13-17H2,1-2H3,(H2,26,29)(H,27,30)/t21-,25+/m0/s1. The summed E-state index contributed by atoms with van der Waals surface area (Å²) in [5, 5.41) is 2.81. The fraction of sp³-hybridized carbons (Fsp3) is 0.400. The number of primary amides is 1. The Morgan fingerprint density at radius 3 is 2.12 bits per heavy atom. The molecule has 1 heterocycles. The second-order valence-corrected chi connectivity index (χ2v) is 8.69. The van der Waals surface area contributed by atoms with E-state index in [1.807, 2.05) is 74.5 Å². The number of rotatable bonds is 9. The van der Waals surface area contributed by atoms with Gasteiger partial charge < -0.3 is 15.8 Å². The van der Waals surface area contributed by atoms with E-state index in [1.54, 1.807) is 0 Å². The Morgan fingerprint density at radius 2 is 1.62 bits per heavy atom. The Morgan fingerprint density at radius 1 is 1.03 bits per heavy atom. The number of hydrogen-bond donors (Lipinski definition) is 2. The molecule has 3 rings (SSSR count). The van der Waals surface area contributed by atoms with E-state index in [-0.39, 0.29) is 18.4 Å². The van der Waals surface area contributed by atoms with E-state index in [0.29, 0.717) is 25.8 Å². The molecule has 0 saturated carbocycles. The van der Waals surface area contributed by atoms with Gasteiger partial charge in [-0.1, -0.05) is 74.5 Å². The summed E-state index contributed by atoms with van der Waals surface area (Å²) in [4.78, 5) is 39.8. The zero-order chi connectivity index (χ0) is 23.1. The highest BCUT2D eigenvalue weighted by atomic mass is 16.6. The summed E-state index contributed by atoms with van der Waals surface area (Å²) in [5.74, 6) is -0.792. The molecule has 0 spiro atoms. The van der Waals surface area contributed by atoms with Crippen molar-refractivity contribution in [2.75, 3.05) is 6.54 Å². The Bertz CT molecular complexity index is 933. The fourth-order valence-electron chi connectivity index (χ4n) is 4.00. The van der Waals surface area contributed by atoms with Crippen LogP contribution in [0.5, 0.6) is 0 Å². The van der Waals surface area contributed by atoms with Gasteiger partial charge in [-0.3, -0.25) is 14.5 Å². The molecular formula is C25H31N3O4. The molecule has 3 N–H and O–H groups in total. The van der Waals surface area contributed by atoms with E-state index in [1.165, 1.54) is 4.90 Å². The number of ether oxygens (including phenoxy) is 1. The summed E-state index contributed by atoms with van der Waals surface area (Å²) in [7, 11) is 0. The van der Waals surface area contributed by atoms with Gasteiger partial charge in [-0.05, 0) is 29.9 Å². The molecule has 2 atom stereocenters. The van der Waals surface area contributed by atoms with Gasteiger partial charge in [0.2, 0.25) is 11.8 Å². The van der Waals surface area contributed by atoms with Crippen molar-refractivity contribution in [1.82, 2.24) is 10.2 Å². The van der Waals surface area contributed by atoms with Crippen molar-refractivity contribution in [3.63, 3.8) is 0 Å². The lowest BCUT2D eigenvalue weighted by atomic mass is 9.78. The molecule has 1 saturated heterocycles. The minimum Gasteiger partial charge on any atom is -0.445 e. The number of benzene rings is 2. The van der Waals surface area contributed by atoms with Crippen molar-refractivity contribution >= 4 is 17.9 Å². The fourth-order valence-corrected chi connectivity index (χ4v) is 4.00. The van der Waals surface area contributed by atoms with Crippen molar-refractivity contribution < 1.29 is 19.1 Å². The number of carbonyl (C=O) groups excluding carboxylic acids is 3. The smallest absolute Gasteiger partial charge is 0.411 e. The minimum absolute atomic E-state index is 0.121. The molecular weight excluding hydrogens is 406 g/mol. The molecule has 1 aliphatic heterocycles. The van der Waals surface area contributed by atoms with Crippen LogP contribution in [0.15, 0.2) is 60.7 Å². The van der Waals surface area contributed by atoms with Crippen LogP contribution in [0, 0.1) is 5.92 Å². The number of nitrogens with zero attached hydrogens (tertiary/aromatic N) is 1. The lowest BCUT2D eigenvalue weighted by molar-refractivity contribution is -0.143. The minimum atomic E-state index is -1.13. The van der Waals surface area contributed by atoms with Crippen molar-refractivity contribution in [3.8, 4) is 0 Å². The van der Waals surface area contributed by atoms with Crippen LogP contribution in [0.1, 0.15) is 37.8 Å². The van der Waals surface area contributed by atoms with Crippen LogP contribution < -0.4 is 11.1 Å². The highest BCUT2D eigenvalue weighted by Crippen LogP contribution is 2.36. The van der Waals surface area contributed by atoms with E-state index >= 15 is 0 Å². The van der Waals surface area contributed by atoms with Crippen LogP contribution in [-0.4, -0.2) is 40.9 Å². The molecule has 0 aliphatic carbocycles. The normalized spacial score (nSPS) is 18.5. The van der Waals surface area contributed by atoms with Crippen LogP contribution in [-0.2, 0) is 27.4 Å². The van der Waals surface area contributed by atoms with Gasteiger partial charge in [0.25, 0.3) is 0 Å². The van der Waals surface area contributed by atoms with Gasteiger partial charge in [0.1, 0.15) is 18.2 Å². The van der Waals surface area contributed by atoms with Crippen LogP contribution in [0.2, 0.25) is 0 Å². The van der Waals surface area contributed by atoms with Crippen molar-refractivity contribution in [2.45, 2.75) is 51.3 Å². The molecule has 0 unspecified atom stereocenters. The maximum atomic E-state index is 13.5. The molecule has 3 amide bonds. The molecule has 170 valence electrons. The summed E-state index contributed by atoms with van der Waals surface area (Å²) in [6, 6.07) is 18.1. The van der Waals surface area contributed by atoms with Crippen LogP contribution in [0.3, 0.4) is 0 Å². The van der Waals surface area contributed by atoms with Gasteiger partial charge >= 0.3 is 6.09 Å². The van der Waals surface area contributed by atoms with Crippen LogP contribution in [0.25, 0.3) is 0 Å². The number of nitrogens with one attached hydrogen (secondary N) is 1. The molecule has 0 bridgehead atoms. The van der Waals surface area contributed by atoms with E-state index < -0.39 is 23.6 Å². The van der Waals surface area contributed by atoms with Gasteiger partial charge in [0.15, 0.2) is 0 Å². The first kappa shape index (κ1) is 23.3. The van der Waals surface area contributed by atoms with Gasteiger partial charge in [0, 0.05) is 13.0 Å². The first-order chi connectivity index (χ1) is 15.3. The lowest BCUT2D eigenvalue weighted by Gasteiger charge is -2.50. The zero-order valence-corrected chi connectivity index (χ0v) is 18.6. The van der Waals surface area contributed by atoms with Crippen LogP contribution >= 0.6 is 0 Å². The highest BCUT2D eigenvalue weighted by molar-refractivity contribution is 5.95. The molecule has 2 aromatic carbocycles. The van der Waals surface area contributed by atoms with Crippen LogP contribution in [0.4, 0.5) is 4.79 Å². The van der Waals surface area contributed by atoms with Crippen molar-refractivity contribution in [1.29, 1.82) is 0 Å². The maximum Gasteiger partial charge on any atom is 0.411 e. The Labute approximate surface area is 188 Å². The third kappa shape index (κ3) is 5.46. The number of amides is 3. The zero-order valence-electron chi connectivity index (χ0n) is 18.6. The SMILES string of the molecule is CC(C)C[C@H](NC(=O)[C@]1(Cc2ccccc2)CCN1C(=O)OCc1ccccc1)C(N)=O. The first-order valence-electron chi connectivity index (χ1n) is 10.9. The number of carbonyl (C=O) groups is 3. The summed E-state index contributed by atoms with van der Waals surface area (Å²) >= 11 is 0. The lowest BCUT2D eigenvalue weighted by Crippen LogP contribution is -2.71. The molecule has 2 aromatic rings. The molecule has 0 aromatic heterocycles. The third-order valence-corrected chi connectivity index (χ3v) is 5.81. The average molecular weight is 438 g/mol. The quantitative estimate of drug-likeness (QED) is 0.629. The summed E-state index contributed by atoms with van der Waals surface area (Å²) < 4.78 is 5.51. The number of hydrogen-bond acceptors (Lipinski definition) is 4. The van der Waals surface area contributed by atoms with E-state index in [0.717, 1.165) is 11.1 Å². The first-order valence-corrected chi connectivity index (χ1v) is 10.9. The maximum absolute atomic E-state index is 13.5. The second kappa shape index (κ2) is 10.3. The molecule has 1 aliphatic rings. The van der Waals surface area contributed by atoms with Gasteiger partial charge in [-0.25, -0.2) is 4.79 Å². The molecule has 1 fully saturated rings. The molecule has 7 heteroatoms. The summed E-state index contributed by atoms with van der Waals surface area (Å²) in [5.41, 5.74) is 6.20. The number of likely N-dealkylation sites (tertiary alicyclic amines) is 1. The van der Waals surface area contributed by atoms with E-state index in [4.69, 9.17) is 10.5 Å².